The summed E-state index contributed by atoms with van der Waals surface area (Å²) in [4.78, 5) is 4.97. The Morgan fingerprint density at radius 2 is 0.446 bits per heavy atom. The Kier molecular flexibility index (Phi) is 10.6. The first-order valence-corrected chi connectivity index (χ1v) is 22.9. The predicted molar refractivity (Wildman–Crippen MR) is 277 cm³/mol. The van der Waals surface area contributed by atoms with Crippen LogP contribution in [-0.4, -0.2) is 0 Å². The Morgan fingerprint density at radius 1 is 0.246 bits per heavy atom. The topological polar surface area (TPSA) is 6.48 Å². The molecule has 0 bridgehead atoms. The third kappa shape index (κ3) is 7.43. The van der Waals surface area contributed by atoms with Crippen molar-refractivity contribution in [2.45, 2.75) is 52.4 Å². The highest BCUT2D eigenvalue weighted by molar-refractivity contribution is 5.94. The molecule has 9 aromatic rings. The van der Waals surface area contributed by atoms with Crippen molar-refractivity contribution in [2.75, 3.05) is 9.80 Å². The molecule has 0 saturated carbocycles. The summed E-state index contributed by atoms with van der Waals surface area (Å²) in [6.45, 7) is 14.7. The Balaban J connectivity index is 1.23. The van der Waals surface area contributed by atoms with Gasteiger partial charge in [0.25, 0.3) is 0 Å². The Morgan fingerprint density at radius 3 is 0.662 bits per heavy atom. The van der Waals surface area contributed by atoms with Crippen molar-refractivity contribution in [1.82, 2.24) is 0 Å². The molecule has 0 spiro atoms. The van der Waals surface area contributed by atoms with Gasteiger partial charge in [0.05, 0.1) is 11.4 Å². The summed E-state index contributed by atoms with van der Waals surface area (Å²) in [5.41, 5.74) is 18.6. The summed E-state index contributed by atoms with van der Waals surface area (Å²) >= 11 is 0. The molecule has 2 nitrogen and oxygen atoms in total. The molecule has 9 aromatic carbocycles. The molecule has 1 aliphatic rings. The lowest BCUT2D eigenvalue weighted by Crippen LogP contribution is -2.42. The van der Waals surface area contributed by atoms with E-state index in [4.69, 9.17) is 0 Å². The van der Waals surface area contributed by atoms with Crippen molar-refractivity contribution in [3.8, 4) is 44.5 Å². The number of anilines is 6. The smallest absolute Gasteiger partial charge is 0.0705 e. The Labute approximate surface area is 386 Å². The van der Waals surface area contributed by atoms with Gasteiger partial charge >= 0.3 is 0 Å². The van der Waals surface area contributed by atoms with E-state index in [0.29, 0.717) is 0 Å². The number of hydrogen-bond acceptors (Lipinski definition) is 2. The van der Waals surface area contributed by atoms with Crippen LogP contribution in [0.3, 0.4) is 0 Å². The monoisotopic (exact) mass is 840 g/mol. The van der Waals surface area contributed by atoms with Crippen LogP contribution in [0, 0.1) is 5.41 Å². The van der Waals surface area contributed by atoms with Gasteiger partial charge in [-0.2, -0.15) is 0 Å². The minimum atomic E-state index is -0.126. The van der Waals surface area contributed by atoms with Crippen molar-refractivity contribution >= 4 is 34.1 Å². The summed E-state index contributed by atoms with van der Waals surface area (Å²) in [5.74, 6) is 0. The second-order valence-electron chi connectivity index (χ2n) is 19.1. The molecule has 0 aliphatic heterocycles. The minimum Gasteiger partial charge on any atom is -0.308 e. The van der Waals surface area contributed by atoms with Crippen LogP contribution < -0.4 is 9.80 Å². The van der Waals surface area contributed by atoms with Gasteiger partial charge in [-0.1, -0.05) is 211 Å². The van der Waals surface area contributed by atoms with Gasteiger partial charge in [0.15, 0.2) is 0 Å². The lowest BCUT2D eigenvalue weighted by Gasteiger charge is -2.44. The second-order valence-corrected chi connectivity index (χ2v) is 19.1. The van der Waals surface area contributed by atoms with Crippen molar-refractivity contribution in [1.29, 1.82) is 0 Å². The maximum atomic E-state index is 2.53. The molecule has 65 heavy (non-hydrogen) atoms. The molecule has 0 atom stereocenters. The van der Waals surface area contributed by atoms with Crippen molar-refractivity contribution in [3.05, 3.63) is 242 Å². The molecular weight excluding hydrogens is 785 g/mol. The summed E-state index contributed by atoms with van der Waals surface area (Å²) in [5, 5.41) is 0. The number of fused-ring (bicyclic) bond motifs is 1. The Hall–Kier alpha value is -7.42. The van der Waals surface area contributed by atoms with Crippen LogP contribution in [0.4, 0.5) is 34.1 Å². The van der Waals surface area contributed by atoms with E-state index >= 15 is 0 Å². The van der Waals surface area contributed by atoms with E-state index in [1.165, 1.54) is 55.6 Å². The quantitative estimate of drug-likeness (QED) is 0.135. The molecule has 2 heteroatoms. The van der Waals surface area contributed by atoms with Gasteiger partial charge in [-0.05, 0) is 133 Å². The highest BCUT2D eigenvalue weighted by Crippen LogP contribution is 2.64. The summed E-state index contributed by atoms with van der Waals surface area (Å²) in [7, 11) is 0. The second kappa shape index (κ2) is 16.6. The largest absolute Gasteiger partial charge is 0.308 e. The maximum absolute atomic E-state index is 2.53. The molecule has 0 fully saturated rings. The zero-order valence-electron chi connectivity index (χ0n) is 38.3. The fourth-order valence-electron chi connectivity index (χ4n) is 10.0. The van der Waals surface area contributed by atoms with Crippen LogP contribution in [-0.2, 0) is 10.8 Å². The predicted octanol–water partition coefficient (Wildman–Crippen LogP) is 17.9. The summed E-state index contributed by atoms with van der Waals surface area (Å²) in [6.07, 6.45) is 0. The lowest BCUT2D eigenvalue weighted by molar-refractivity contribution is 0.125. The first kappa shape index (κ1) is 41.6. The van der Waals surface area contributed by atoms with Crippen LogP contribution in [0.2, 0.25) is 0 Å². The third-order valence-corrected chi connectivity index (χ3v) is 15.0. The van der Waals surface area contributed by atoms with Gasteiger partial charge in [0.2, 0.25) is 0 Å². The van der Waals surface area contributed by atoms with E-state index in [0.717, 1.165) is 34.1 Å². The van der Waals surface area contributed by atoms with Crippen LogP contribution in [0.15, 0.2) is 231 Å². The molecule has 10 rings (SSSR count). The minimum absolute atomic E-state index is 0.0444. The molecule has 0 N–H and O–H groups in total. The average Bonchev–Trinajstić information content (AvgIpc) is 3.46. The normalized spacial score (nSPS) is 14.4. The van der Waals surface area contributed by atoms with E-state index in [1.807, 2.05) is 0 Å². The van der Waals surface area contributed by atoms with Gasteiger partial charge in [-0.15, -0.1) is 0 Å². The van der Waals surface area contributed by atoms with Gasteiger partial charge in [-0.3, -0.25) is 0 Å². The first-order valence-electron chi connectivity index (χ1n) is 22.9. The molecule has 318 valence electrons. The molecule has 1 aliphatic carbocycles. The van der Waals surface area contributed by atoms with Crippen LogP contribution in [0.25, 0.3) is 44.5 Å². The standard InChI is InChI=1S/C63H56N2/c1-61(2)57-43-59(64(53-35-27-49(28-36-53)45-19-11-7-12-20-45)54-37-29-50(30-38-54)46-21-13-8-14-22-46)60(44-58(57)62(3,4)63(61,5)6)65(55-39-31-51(32-40-55)47-23-15-9-16-24-47)56-41-33-52(34-42-56)48-25-17-10-18-26-48/h7-44H,1-6H3. The zero-order valence-corrected chi connectivity index (χ0v) is 38.3. The van der Waals surface area contributed by atoms with Crippen LogP contribution in [0.5, 0.6) is 0 Å². The molecule has 0 amide bonds. The summed E-state index contributed by atoms with van der Waals surface area (Å²) in [6, 6.07) is 84.2. The SMILES string of the molecule is CC1(C)c2cc(N(c3ccc(-c4ccccc4)cc3)c3ccc(-c4ccccc4)cc3)c(N(c3ccc(-c4ccccc4)cc3)c3ccc(-c4ccccc4)cc3)cc2C(C)(C)C1(C)C. The molecular formula is C63H56N2. The number of rotatable bonds is 10. The third-order valence-electron chi connectivity index (χ3n) is 15.0. The zero-order chi connectivity index (χ0) is 44.8. The molecule has 0 aromatic heterocycles. The first-order chi connectivity index (χ1) is 31.5. The molecule has 0 heterocycles. The van der Waals surface area contributed by atoms with Crippen molar-refractivity contribution < 1.29 is 0 Å². The lowest BCUT2D eigenvalue weighted by atomic mass is 9.59. The van der Waals surface area contributed by atoms with Gasteiger partial charge in [-0.25, -0.2) is 0 Å². The maximum Gasteiger partial charge on any atom is 0.0705 e. The molecule has 0 saturated heterocycles. The van der Waals surface area contributed by atoms with Crippen molar-refractivity contribution in [3.63, 3.8) is 0 Å². The molecule has 0 radical (unpaired) electrons. The fraction of sp³-hybridized carbons (Fsp3) is 0.143. The highest BCUT2D eigenvalue weighted by atomic mass is 15.2. The highest BCUT2D eigenvalue weighted by Gasteiger charge is 2.57. The van der Waals surface area contributed by atoms with Crippen molar-refractivity contribution in [2.24, 2.45) is 5.41 Å². The van der Waals surface area contributed by atoms with Gasteiger partial charge < -0.3 is 9.80 Å². The number of hydrogen-bond donors (Lipinski definition) is 0. The van der Waals surface area contributed by atoms with Gasteiger partial charge in [0.1, 0.15) is 0 Å². The van der Waals surface area contributed by atoms with Crippen LogP contribution in [0.1, 0.15) is 52.7 Å². The van der Waals surface area contributed by atoms with E-state index in [9.17, 15) is 0 Å². The molecule has 0 unspecified atom stereocenters. The van der Waals surface area contributed by atoms with Crippen LogP contribution >= 0.6 is 0 Å². The Bertz CT molecular complexity index is 2670. The number of benzene rings is 9. The van der Waals surface area contributed by atoms with E-state index in [-0.39, 0.29) is 16.2 Å². The fourth-order valence-corrected chi connectivity index (χ4v) is 10.0. The van der Waals surface area contributed by atoms with E-state index < -0.39 is 0 Å². The average molecular weight is 841 g/mol. The number of nitrogens with zero attached hydrogens (tertiary/aromatic N) is 2. The van der Waals surface area contributed by atoms with E-state index in [1.54, 1.807) is 0 Å². The van der Waals surface area contributed by atoms with Gasteiger partial charge in [0, 0.05) is 22.7 Å². The summed E-state index contributed by atoms with van der Waals surface area (Å²) < 4.78 is 0. The van der Waals surface area contributed by atoms with E-state index in [2.05, 4.69) is 282 Å².